The van der Waals surface area contributed by atoms with Crippen molar-refractivity contribution in [1.29, 1.82) is 0 Å². The number of aliphatic hydroxyl groups excluding tert-OH is 2. The Morgan fingerprint density at radius 1 is 0.778 bits per heavy atom. The Kier molecular flexibility index (Phi) is 8.33. The average Bonchev–Trinajstić information content (AvgIpc) is 3.65. The molecule has 1 aliphatic heterocycles. The van der Waals surface area contributed by atoms with Gasteiger partial charge in [0.2, 0.25) is 0 Å². The molecule has 1 aliphatic carbocycles. The summed E-state index contributed by atoms with van der Waals surface area (Å²) in [5.41, 5.74) is 2.06. The molecule has 5 aromatic rings. The molecule has 0 radical (unpaired) electrons. The van der Waals surface area contributed by atoms with Crippen molar-refractivity contribution in [3.63, 3.8) is 0 Å². The van der Waals surface area contributed by atoms with E-state index in [1.165, 1.54) is 30.2 Å². The second kappa shape index (κ2) is 12.7. The molecule has 3 aromatic carbocycles. The Morgan fingerprint density at radius 2 is 1.36 bits per heavy atom. The van der Waals surface area contributed by atoms with Gasteiger partial charge in [-0.1, -0.05) is 110 Å². The zero-order chi connectivity index (χ0) is 30.8. The number of imidazole rings is 1. The van der Waals surface area contributed by atoms with Crippen molar-refractivity contribution < 1.29 is 19.7 Å². The van der Waals surface area contributed by atoms with E-state index in [9.17, 15) is 15.0 Å². The van der Waals surface area contributed by atoms with Gasteiger partial charge >= 0.3 is 0 Å². The molecular formula is C36H38N4O5. The zero-order valence-corrected chi connectivity index (χ0v) is 25.1. The maximum atomic E-state index is 13.3. The topological polar surface area (TPSA) is 112 Å². The minimum Gasteiger partial charge on any atom is -0.387 e. The van der Waals surface area contributed by atoms with Gasteiger partial charge in [-0.25, -0.2) is 9.97 Å². The lowest BCUT2D eigenvalue weighted by Crippen LogP contribution is -2.39. The van der Waals surface area contributed by atoms with Crippen LogP contribution >= 0.6 is 0 Å². The largest absolute Gasteiger partial charge is 0.387 e. The maximum Gasteiger partial charge on any atom is 0.281 e. The SMILES string of the molecule is O=c1c2ncn([C@@H]3O[C@H](COC(c4ccccc4)(c4ccccc4)c4ccccc4)[C@@H](O)[C@H]3O)c2ncn1CC1CCCCC1. The molecular weight excluding hydrogens is 568 g/mol. The number of aliphatic hydroxyl groups is 2. The molecule has 0 bridgehead atoms. The van der Waals surface area contributed by atoms with Gasteiger partial charge in [-0.15, -0.1) is 0 Å². The van der Waals surface area contributed by atoms with Gasteiger partial charge in [0.15, 0.2) is 17.4 Å². The summed E-state index contributed by atoms with van der Waals surface area (Å²) in [6.07, 6.45) is 4.46. The van der Waals surface area contributed by atoms with Crippen molar-refractivity contribution in [2.75, 3.05) is 6.61 Å². The van der Waals surface area contributed by atoms with E-state index in [0.717, 1.165) is 29.5 Å². The Hall–Kier alpha value is -4.15. The molecule has 0 amide bonds. The van der Waals surface area contributed by atoms with Crippen molar-refractivity contribution in [3.05, 3.63) is 131 Å². The minimum absolute atomic E-state index is 0.0261. The van der Waals surface area contributed by atoms with Crippen LogP contribution < -0.4 is 5.56 Å². The average molecular weight is 607 g/mol. The van der Waals surface area contributed by atoms with Crippen LogP contribution in [0.4, 0.5) is 0 Å². The molecule has 9 nitrogen and oxygen atoms in total. The molecule has 232 valence electrons. The number of benzene rings is 3. The predicted molar refractivity (Wildman–Crippen MR) is 169 cm³/mol. The molecule has 2 aromatic heterocycles. The van der Waals surface area contributed by atoms with Crippen molar-refractivity contribution in [2.24, 2.45) is 5.92 Å². The molecule has 4 atom stereocenters. The molecule has 45 heavy (non-hydrogen) atoms. The summed E-state index contributed by atoms with van der Waals surface area (Å²) >= 11 is 0. The molecule has 2 N–H and O–H groups in total. The van der Waals surface area contributed by atoms with Crippen LogP contribution in [0.2, 0.25) is 0 Å². The highest BCUT2D eigenvalue weighted by Gasteiger charge is 2.47. The van der Waals surface area contributed by atoms with Gasteiger partial charge in [0.25, 0.3) is 5.56 Å². The molecule has 0 unspecified atom stereocenters. The summed E-state index contributed by atoms with van der Waals surface area (Å²) < 4.78 is 16.3. The number of hydrogen-bond donors (Lipinski definition) is 2. The van der Waals surface area contributed by atoms with Crippen LogP contribution in [0.3, 0.4) is 0 Å². The van der Waals surface area contributed by atoms with Crippen molar-refractivity contribution in [3.8, 4) is 0 Å². The van der Waals surface area contributed by atoms with Gasteiger partial charge in [-0.05, 0) is 35.4 Å². The highest BCUT2D eigenvalue weighted by atomic mass is 16.6. The van der Waals surface area contributed by atoms with E-state index in [0.29, 0.717) is 18.1 Å². The molecule has 2 fully saturated rings. The number of fused-ring (bicyclic) bond motifs is 1. The van der Waals surface area contributed by atoms with E-state index in [4.69, 9.17) is 9.47 Å². The molecule has 7 rings (SSSR count). The summed E-state index contributed by atoms with van der Waals surface area (Å²) in [5, 5.41) is 22.4. The molecule has 1 saturated heterocycles. The molecule has 9 heteroatoms. The van der Waals surface area contributed by atoms with Crippen molar-refractivity contribution in [1.82, 2.24) is 19.1 Å². The van der Waals surface area contributed by atoms with Gasteiger partial charge in [0.1, 0.15) is 30.2 Å². The number of aromatic nitrogens is 4. The summed E-state index contributed by atoms with van der Waals surface area (Å²) in [6, 6.07) is 29.9. The van der Waals surface area contributed by atoms with E-state index in [-0.39, 0.29) is 17.7 Å². The normalized spacial score (nSPS) is 22.6. The van der Waals surface area contributed by atoms with E-state index in [1.54, 1.807) is 10.9 Å². The first-order valence-electron chi connectivity index (χ1n) is 15.8. The summed E-state index contributed by atoms with van der Waals surface area (Å²) in [6.45, 7) is 0.600. The van der Waals surface area contributed by atoms with Crippen LogP contribution in [0.5, 0.6) is 0 Å². The fourth-order valence-corrected chi connectivity index (χ4v) is 6.98. The fraction of sp³-hybridized carbons (Fsp3) is 0.361. The van der Waals surface area contributed by atoms with Crippen LogP contribution in [0.1, 0.15) is 55.0 Å². The smallest absolute Gasteiger partial charge is 0.281 e. The van der Waals surface area contributed by atoms with Crippen LogP contribution in [0.25, 0.3) is 11.2 Å². The number of ether oxygens (including phenoxy) is 2. The summed E-state index contributed by atoms with van der Waals surface area (Å²) in [5.74, 6) is 0.462. The predicted octanol–water partition coefficient (Wildman–Crippen LogP) is 4.80. The molecule has 2 aliphatic rings. The van der Waals surface area contributed by atoms with Gasteiger partial charge in [0, 0.05) is 6.54 Å². The molecule has 0 spiro atoms. The Labute approximate surface area is 261 Å². The van der Waals surface area contributed by atoms with E-state index < -0.39 is 30.1 Å². The maximum absolute atomic E-state index is 13.3. The number of hydrogen-bond acceptors (Lipinski definition) is 7. The zero-order valence-electron chi connectivity index (χ0n) is 25.1. The van der Waals surface area contributed by atoms with Gasteiger partial charge in [-0.2, -0.15) is 0 Å². The van der Waals surface area contributed by atoms with Crippen LogP contribution in [-0.4, -0.2) is 54.2 Å². The third-order valence-electron chi connectivity index (χ3n) is 9.35. The third kappa shape index (κ3) is 5.50. The lowest BCUT2D eigenvalue weighted by Gasteiger charge is -2.37. The summed E-state index contributed by atoms with van der Waals surface area (Å²) in [7, 11) is 0. The van der Waals surface area contributed by atoms with E-state index in [2.05, 4.69) is 9.97 Å². The first kappa shape index (κ1) is 29.6. The highest BCUT2D eigenvalue weighted by Crippen LogP contribution is 2.42. The van der Waals surface area contributed by atoms with Gasteiger partial charge < -0.3 is 19.7 Å². The number of rotatable bonds is 9. The Balaban J connectivity index is 1.17. The fourth-order valence-electron chi connectivity index (χ4n) is 6.98. The second-order valence-corrected chi connectivity index (χ2v) is 12.2. The van der Waals surface area contributed by atoms with Crippen molar-refractivity contribution in [2.45, 2.75) is 68.8 Å². The lowest BCUT2D eigenvalue weighted by atomic mass is 9.80. The molecule has 1 saturated carbocycles. The van der Waals surface area contributed by atoms with E-state index in [1.807, 2.05) is 91.0 Å². The Morgan fingerprint density at radius 3 is 1.93 bits per heavy atom. The summed E-state index contributed by atoms with van der Waals surface area (Å²) in [4.78, 5) is 22.3. The lowest BCUT2D eigenvalue weighted by molar-refractivity contribution is -0.0942. The second-order valence-electron chi connectivity index (χ2n) is 12.2. The quantitative estimate of drug-likeness (QED) is 0.232. The molecule has 3 heterocycles. The standard InChI is InChI=1S/C36H38N4O5/c41-31-29(22-44-36(26-15-7-2-8-16-26,27-17-9-3-10-18-27)28-19-11-4-12-20-28)45-35(32(31)42)40-24-37-30-33(40)38-23-39(34(30)43)21-25-13-5-1-6-14-25/h2-4,7-12,15-20,23-25,29,31-32,35,41-42H,1,5-6,13-14,21-22H2/t29-,31-,32-,35-/m1/s1. The minimum atomic E-state index is -1.29. The van der Waals surface area contributed by atoms with Crippen molar-refractivity contribution >= 4 is 11.2 Å². The van der Waals surface area contributed by atoms with Crippen LogP contribution in [0.15, 0.2) is 108 Å². The first-order chi connectivity index (χ1) is 22.1. The highest BCUT2D eigenvalue weighted by molar-refractivity contribution is 5.69. The number of nitrogens with zero attached hydrogens (tertiary/aromatic N) is 4. The third-order valence-corrected chi connectivity index (χ3v) is 9.35. The van der Waals surface area contributed by atoms with Crippen LogP contribution in [0, 0.1) is 5.92 Å². The van der Waals surface area contributed by atoms with Gasteiger partial charge in [-0.3, -0.25) is 13.9 Å². The monoisotopic (exact) mass is 606 g/mol. The van der Waals surface area contributed by atoms with Crippen LogP contribution in [-0.2, 0) is 21.6 Å². The van der Waals surface area contributed by atoms with E-state index >= 15 is 0 Å². The Bertz CT molecular complexity index is 1670. The van der Waals surface area contributed by atoms with Gasteiger partial charge in [0.05, 0.1) is 12.9 Å². The first-order valence-corrected chi connectivity index (χ1v) is 15.8.